The van der Waals surface area contributed by atoms with Crippen molar-refractivity contribution in [2.75, 3.05) is 6.61 Å². The molecule has 0 aromatic carbocycles. The Morgan fingerprint density at radius 3 is 2.85 bits per heavy atom. The number of rotatable bonds is 4. The first-order chi connectivity index (χ1) is 6.20. The third-order valence-electron chi connectivity index (χ3n) is 1.51. The summed E-state index contributed by atoms with van der Waals surface area (Å²) in [6, 6.07) is 0. The number of nitrogens with one attached hydrogen (secondary N) is 1. The van der Waals surface area contributed by atoms with Crippen LogP contribution in [0.1, 0.15) is 6.92 Å². The lowest BCUT2D eigenvalue weighted by Gasteiger charge is -1.96. The first kappa shape index (κ1) is 9.73. The van der Waals surface area contributed by atoms with Gasteiger partial charge in [-0.3, -0.25) is 4.79 Å². The Balaban J connectivity index is 2.33. The Labute approximate surface area is 75.7 Å². The summed E-state index contributed by atoms with van der Waals surface area (Å²) < 4.78 is 9.47. The third-order valence-corrected chi connectivity index (χ3v) is 1.51. The molecule has 0 aliphatic carbocycles. The highest BCUT2D eigenvalue weighted by Gasteiger charge is 2.51. The van der Waals surface area contributed by atoms with Crippen LogP contribution in [-0.2, 0) is 19.1 Å². The number of carbonyl (C=O) groups is 2. The normalized spacial score (nSPS) is 24.7. The van der Waals surface area contributed by atoms with E-state index in [-0.39, 0.29) is 12.5 Å². The van der Waals surface area contributed by atoms with Gasteiger partial charge in [-0.25, -0.2) is 4.79 Å². The zero-order valence-corrected chi connectivity index (χ0v) is 7.28. The standard InChI is InChI=1S/C8H11NO4/c1-3-9-7(10)5-6(13-5)8(11)12-4-2/h3,5-6H,1,4H2,2H3,(H,9,10). The molecule has 0 aromatic rings. The highest BCUT2D eigenvalue weighted by Crippen LogP contribution is 2.23. The molecule has 0 saturated carbocycles. The van der Waals surface area contributed by atoms with Crippen molar-refractivity contribution in [3.63, 3.8) is 0 Å². The van der Waals surface area contributed by atoms with Crippen LogP contribution in [0.25, 0.3) is 0 Å². The van der Waals surface area contributed by atoms with Gasteiger partial charge >= 0.3 is 5.97 Å². The molecule has 1 aliphatic heterocycles. The summed E-state index contributed by atoms with van der Waals surface area (Å²) in [5.74, 6) is -0.861. The van der Waals surface area contributed by atoms with Gasteiger partial charge < -0.3 is 14.8 Å². The third kappa shape index (κ3) is 2.29. The first-order valence-corrected chi connectivity index (χ1v) is 3.94. The topological polar surface area (TPSA) is 67.9 Å². The molecule has 1 fully saturated rings. The summed E-state index contributed by atoms with van der Waals surface area (Å²) in [4.78, 5) is 22.0. The molecule has 2 atom stereocenters. The number of ether oxygens (including phenoxy) is 2. The second kappa shape index (κ2) is 4.04. The highest BCUT2D eigenvalue weighted by molar-refractivity contribution is 5.93. The Bertz CT molecular complexity index is 238. The maximum atomic E-state index is 11.0. The zero-order valence-electron chi connectivity index (χ0n) is 7.28. The smallest absolute Gasteiger partial charge is 0.338 e. The second-order valence-electron chi connectivity index (χ2n) is 2.44. The molecular formula is C8H11NO4. The van der Waals surface area contributed by atoms with E-state index in [1.54, 1.807) is 6.92 Å². The van der Waals surface area contributed by atoms with Crippen molar-refractivity contribution < 1.29 is 19.1 Å². The molecule has 5 heteroatoms. The lowest BCUT2D eigenvalue weighted by atomic mass is 10.3. The lowest BCUT2D eigenvalue weighted by Crippen LogP contribution is -2.26. The minimum Gasteiger partial charge on any atom is -0.464 e. The number of hydrogen-bond acceptors (Lipinski definition) is 4. The van der Waals surface area contributed by atoms with E-state index in [0.717, 1.165) is 0 Å². The van der Waals surface area contributed by atoms with E-state index in [4.69, 9.17) is 4.74 Å². The van der Waals surface area contributed by atoms with Gasteiger partial charge in [0.25, 0.3) is 5.91 Å². The molecule has 0 bridgehead atoms. The molecule has 13 heavy (non-hydrogen) atoms. The SMILES string of the molecule is C=CNC(=O)C1OC1C(=O)OCC. The van der Waals surface area contributed by atoms with Gasteiger partial charge in [0.2, 0.25) is 0 Å². The minimum absolute atomic E-state index is 0.286. The predicted octanol–water partition coefficient (Wildman–Crippen LogP) is -0.423. The van der Waals surface area contributed by atoms with Gasteiger partial charge in [-0.05, 0) is 13.1 Å². The summed E-state index contributed by atoms with van der Waals surface area (Å²) in [7, 11) is 0. The summed E-state index contributed by atoms with van der Waals surface area (Å²) in [5.41, 5.74) is 0. The number of epoxide rings is 1. The van der Waals surface area contributed by atoms with Crippen LogP contribution in [0.5, 0.6) is 0 Å². The van der Waals surface area contributed by atoms with Crippen molar-refractivity contribution in [1.29, 1.82) is 0 Å². The fraction of sp³-hybridized carbons (Fsp3) is 0.500. The molecular weight excluding hydrogens is 174 g/mol. The fourth-order valence-corrected chi connectivity index (χ4v) is 0.898. The van der Waals surface area contributed by atoms with Crippen LogP contribution in [0, 0.1) is 0 Å². The van der Waals surface area contributed by atoms with Crippen LogP contribution < -0.4 is 5.32 Å². The van der Waals surface area contributed by atoms with E-state index < -0.39 is 18.2 Å². The van der Waals surface area contributed by atoms with Crippen molar-refractivity contribution in [2.45, 2.75) is 19.1 Å². The van der Waals surface area contributed by atoms with E-state index >= 15 is 0 Å². The van der Waals surface area contributed by atoms with Crippen LogP contribution in [0.2, 0.25) is 0 Å². The largest absolute Gasteiger partial charge is 0.464 e. The number of hydrogen-bond donors (Lipinski definition) is 1. The molecule has 0 spiro atoms. The van der Waals surface area contributed by atoms with E-state index in [1.165, 1.54) is 6.20 Å². The maximum absolute atomic E-state index is 11.0. The molecule has 0 radical (unpaired) electrons. The molecule has 2 unspecified atom stereocenters. The van der Waals surface area contributed by atoms with Crippen LogP contribution in [0.4, 0.5) is 0 Å². The Kier molecular flexibility index (Phi) is 3.02. The summed E-state index contributed by atoms with van der Waals surface area (Å²) in [6.07, 6.45) is -0.205. The molecule has 1 aliphatic rings. The van der Waals surface area contributed by atoms with Gasteiger partial charge in [-0.15, -0.1) is 0 Å². The quantitative estimate of drug-likeness (QED) is 0.477. The summed E-state index contributed by atoms with van der Waals surface area (Å²) in [6.45, 7) is 5.29. The van der Waals surface area contributed by atoms with Gasteiger partial charge in [0.15, 0.2) is 12.2 Å². The number of esters is 1. The number of amides is 1. The second-order valence-corrected chi connectivity index (χ2v) is 2.44. The van der Waals surface area contributed by atoms with Crippen LogP contribution in [0.15, 0.2) is 12.8 Å². The number of carbonyl (C=O) groups excluding carboxylic acids is 2. The minimum atomic E-state index is -0.736. The van der Waals surface area contributed by atoms with Gasteiger partial charge in [-0.1, -0.05) is 6.58 Å². The van der Waals surface area contributed by atoms with E-state index in [2.05, 4.69) is 16.6 Å². The summed E-state index contributed by atoms with van der Waals surface area (Å²) in [5, 5.41) is 2.33. The van der Waals surface area contributed by atoms with Crippen LogP contribution in [-0.4, -0.2) is 30.7 Å². The maximum Gasteiger partial charge on any atom is 0.338 e. The van der Waals surface area contributed by atoms with Gasteiger partial charge in [0.1, 0.15) is 0 Å². The van der Waals surface area contributed by atoms with Crippen LogP contribution >= 0.6 is 0 Å². The molecule has 1 amide bonds. The van der Waals surface area contributed by atoms with E-state index in [9.17, 15) is 9.59 Å². The Morgan fingerprint density at radius 1 is 1.62 bits per heavy atom. The van der Waals surface area contributed by atoms with Crippen molar-refractivity contribution in [1.82, 2.24) is 5.32 Å². The summed E-state index contributed by atoms with van der Waals surface area (Å²) >= 11 is 0. The van der Waals surface area contributed by atoms with Crippen molar-refractivity contribution in [2.24, 2.45) is 0 Å². The molecule has 1 N–H and O–H groups in total. The molecule has 1 heterocycles. The van der Waals surface area contributed by atoms with Crippen molar-refractivity contribution in [3.05, 3.63) is 12.8 Å². The molecule has 1 rings (SSSR count). The monoisotopic (exact) mass is 185 g/mol. The molecule has 72 valence electrons. The van der Waals surface area contributed by atoms with Gasteiger partial charge in [0.05, 0.1) is 6.61 Å². The molecule has 0 aromatic heterocycles. The van der Waals surface area contributed by atoms with Gasteiger partial charge in [-0.2, -0.15) is 0 Å². The average molecular weight is 185 g/mol. The van der Waals surface area contributed by atoms with E-state index in [1.807, 2.05) is 0 Å². The van der Waals surface area contributed by atoms with Crippen molar-refractivity contribution in [3.8, 4) is 0 Å². The highest BCUT2D eigenvalue weighted by atomic mass is 16.6. The molecule has 1 saturated heterocycles. The van der Waals surface area contributed by atoms with E-state index in [0.29, 0.717) is 0 Å². The Hall–Kier alpha value is -1.36. The van der Waals surface area contributed by atoms with Crippen LogP contribution in [0.3, 0.4) is 0 Å². The zero-order chi connectivity index (χ0) is 9.84. The predicted molar refractivity (Wildman–Crippen MR) is 43.6 cm³/mol. The van der Waals surface area contributed by atoms with Crippen molar-refractivity contribution >= 4 is 11.9 Å². The first-order valence-electron chi connectivity index (χ1n) is 3.94. The average Bonchev–Trinajstić information content (AvgIpc) is 2.84. The fourth-order valence-electron chi connectivity index (χ4n) is 0.898. The lowest BCUT2D eigenvalue weighted by molar-refractivity contribution is -0.144. The molecule has 5 nitrogen and oxygen atoms in total. The Morgan fingerprint density at radius 2 is 2.31 bits per heavy atom. The van der Waals surface area contributed by atoms with Gasteiger partial charge in [0, 0.05) is 0 Å².